The molecule has 2 N–H and O–H groups in total. The summed E-state index contributed by atoms with van der Waals surface area (Å²) in [4.78, 5) is 0. The van der Waals surface area contributed by atoms with Gasteiger partial charge in [0.15, 0.2) is 0 Å². The second-order valence-electron chi connectivity index (χ2n) is 6.80. The number of benzene rings is 2. The van der Waals surface area contributed by atoms with Crippen molar-refractivity contribution in [2.45, 2.75) is 42.3 Å². The Morgan fingerprint density at radius 2 is 1.33 bits per heavy atom. The minimum Gasteiger partial charge on any atom is -0.666 e. The maximum absolute atomic E-state index is 13.2. The van der Waals surface area contributed by atoms with Crippen LogP contribution in [-0.4, -0.2) is 13.9 Å². The Kier molecular flexibility index (Phi) is 5.09. The van der Waals surface area contributed by atoms with E-state index in [1.807, 2.05) is 4.72 Å². The topological polar surface area (TPSA) is 70.0 Å². The van der Waals surface area contributed by atoms with Crippen LogP contribution >= 0.6 is 0 Å². The first kappa shape index (κ1) is 19.9. The van der Waals surface area contributed by atoms with Gasteiger partial charge in [0.25, 0.3) is 0 Å². The van der Waals surface area contributed by atoms with Gasteiger partial charge in [-0.15, -0.1) is 0 Å². The smallest absolute Gasteiger partial charge is 0.511 e. The van der Waals surface area contributed by atoms with Gasteiger partial charge < -0.3 is 5.73 Å². The summed E-state index contributed by atoms with van der Waals surface area (Å²) in [5.74, 6) is 0. The highest BCUT2D eigenvalue weighted by molar-refractivity contribution is 7.90. The molecular formula is C19H20F3N2O2S-. The Bertz CT molecular complexity index is 888. The van der Waals surface area contributed by atoms with Crippen molar-refractivity contribution in [3.63, 3.8) is 0 Å². The zero-order valence-corrected chi connectivity index (χ0v) is 15.3. The molecule has 0 bridgehead atoms. The molecule has 0 unspecified atom stereocenters. The van der Waals surface area contributed by atoms with Crippen LogP contribution in [0.3, 0.4) is 0 Å². The Morgan fingerprint density at radius 3 is 1.85 bits per heavy atom. The molecule has 1 saturated carbocycles. The van der Waals surface area contributed by atoms with E-state index in [2.05, 4.69) is 0 Å². The van der Waals surface area contributed by atoms with Gasteiger partial charge in [0.05, 0.1) is 0 Å². The van der Waals surface area contributed by atoms with Gasteiger partial charge in [0.1, 0.15) is 0 Å². The van der Waals surface area contributed by atoms with Gasteiger partial charge in [-0.25, -0.2) is 8.42 Å². The third-order valence-corrected chi connectivity index (χ3v) is 6.46. The molecule has 2 aromatic carbocycles. The second-order valence-corrected chi connectivity index (χ2v) is 8.47. The van der Waals surface area contributed by atoms with Crippen LogP contribution in [0.5, 0.6) is 0 Å². The minimum atomic E-state index is -5.65. The molecular weight excluding hydrogens is 377 g/mol. The van der Waals surface area contributed by atoms with Crippen molar-refractivity contribution in [3.8, 4) is 0 Å². The lowest BCUT2D eigenvalue weighted by Crippen LogP contribution is -2.61. The summed E-state index contributed by atoms with van der Waals surface area (Å²) in [5.41, 5.74) is 1.29. The first-order chi connectivity index (χ1) is 12.6. The van der Waals surface area contributed by atoms with Crippen molar-refractivity contribution in [2.75, 3.05) is 0 Å². The molecule has 0 amide bonds. The quantitative estimate of drug-likeness (QED) is 0.802. The Balaban J connectivity index is 2.25. The molecule has 0 saturated heterocycles. The lowest BCUT2D eigenvalue weighted by atomic mass is 9.62. The average molecular weight is 397 g/mol. The molecule has 0 aromatic heterocycles. The highest BCUT2D eigenvalue weighted by Gasteiger charge is 2.55. The summed E-state index contributed by atoms with van der Waals surface area (Å²) in [5, 5.41) is 0. The van der Waals surface area contributed by atoms with E-state index in [0.717, 1.165) is 0 Å². The first-order valence-corrected chi connectivity index (χ1v) is 10.1. The molecule has 2 aromatic rings. The van der Waals surface area contributed by atoms with E-state index in [1.165, 1.54) is 0 Å². The first-order valence-electron chi connectivity index (χ1n) is 8.59. The standard InChI is InChI=1S/C19H20F3N2O2S/c20-19(21,22)27(25,26)24-18(16-11-5-2-6-12-16)14-8-7-13-17(18,23)15-9-3-1-4-10-15/h1-6,9-12,23-24H,7-8,13-14H2/q-1/t17-,18+/m0/s1. The van der Waals surface area contributed by atoms with E-state index < -0.39 is 26.6 Å². The molecule has 8 heteroatoms. The third-order valence-electron chi connectivity index (χ3n) is 5.23. The highest BCUT2D eigenvalue weighted by atomic mass is 32.2. The predicted molar refractivity (Wildman–Crippen MR) is 97.1 cm³/mol. The normalized spacial score (nSPS) is 26.7. The SMILES string of the molecule is [NH-][C@]1(c2ccccc2)CCCC[C@@]1(NS(=O)(=O)C(F)(F)F)c1ccccc1. The Hall–Kier alpha value is -1.90. The number of hydrogen-bond acceptors (Lipinski definition) is 2. The number of sulfonamides is 1. The van der Waals surface area contributed by atoms with Crippen molar-refractivity contribution in [3.05, 3.63) is 77.5 Å². The lowest BCUT2D eigenvalue weighted by Gasteiger charge is -2.59. The van der Waals surface area contributed by atoms with E-state index >= 15 is 0 Å². The summed E-state index contributed by atoms with van der Waals surface area (Å²) in [7, 11) is -5.65. The molecule has 146 valence electrons. The highest BCUT2D eigenvalue weighted by Crippen LogP contribution is 2.53. The van der Waals surface area contributed by atoms with Crippen molar-refractivity contribution >= 4 is 10.0 Å². The molecule has 2 atom stereocenters. The maximum Gasteiger partial charge on any atom is 0.511 e. The van der Waals surface area contributed by atoms with Gasteiger partial charge >= 0.3 is 15.5 Å². The fourth-order valence-electron chi connectivity index (χ4n) is 3.92. The van der Waals surface area contributed by atoms with E-state index in [9.17, 15) is 27.3 Å². The van der Waals surface area contributed by atoms with Crippen LogP contribution in [-0.2, 0) is 21.1 Å². The number of hydrogen-bond donors (Lipinski definition) is 1. The molecule has 1 aliphatic rings. The summed E-state index contributed by atoms with van der Waals surface area (Å²) in [6.45, 7) is 0. The van der Waals surface area contributed by atoms with Gasteiger partial charge in [-0.2, -0.15) is 17.9 Å². The predicted octanol–water partition coefficient (Wildman–Crippen LogP) is 4.84. The van der Waals surface area contributed by atoms with Crippen molar-refractivity contribution in [1.82, 2.24) is 4.72 Å². The second kappa shape index (κ2) is 6.92. The van der Waals surface area contributed by atoms with E-state index in [0.29, 0.717) is 24.0 Å². The van der Waals surface area contributed by atoms with Crippen LogP contribution in [0.2, 0.25) is 0 Å². The van der Waals surface area contributed by atoms with Crippen LogP contribution in [0.1, 0.15) is 36.8 Å². The fourth-order valence-corrected chi connectivity index (χ4v) is 4.89. The van der Waals surface area contributed by atoms with Gasteiger partial charge in [-0.1, -0.05) is 91.0 Å². The summed E-state index contributed by atoms with van der Waals surface area (Å²) >= 11 is 0. The average Bonchev–Trinajstić information content (AvgIpc) is 2.64. The largest absolute Gasteiger partial charge is 0.666 e. The maximum atomic E-state index is 13.2. The Labute approximate surface area is 156 Å². The van der Waals surface area contributed by atoms with E-state index in [-0.39, 0.29) is 12.8 Å². The Morgan fingerprint density at radius 1 is 0.852 bits per heavy atom. The molecule has 0 radical (unpaired) electrons. The zero-order valence-electron chi connectivity index (χ0n) is 14.5. The molecule has 3 rings (SSSR count). The summed E-state index contributed by atoms with van der Waals surface area (Å²) in [6, 6.07) is 16.6. The van der Waals surface area contributed by atoms with Crippen molar-refractivity contribution in [1.29, 1.82) is 0 Å². The van der Waals surface area contributed by atoms with E-state index in [4.69, 9.17) is 0 Å². The summed E-state index contributed by atoms with van der Waals surface area (Å²) in [6.07, 6.45) is 1.49. The molecule has 4 nitrogen and oxygen atoms in total. The van der Waals surface area contributed by atoms with Crippen LogP contribution in [0.25, 0.3) is 5.73 Å². The van der Waals surface area contributed by atoms with Crippen molar-refractivity contribution < 1.29 is 21.6 Å². The molecule has 0 heterocycles. The third kappa shape index (κ3) is 3.37. The number of rotatable bonds is 4. The summed E-state index contributed by atoms with van der Waals surface area (Å²) < 4.78 is 65.8. The molecule has 1 aliphatic carbocycles. The molecule has 0 spiro atoms. The van der Waals surface area contributed by atoms with Gasteiger partial charge in [0.2, 0.25) is 0 Å². The number of nitrogens with one attached hydrogen (secondary N) is 2. The molecule has 1 fully saturated rings. The molecule has 0 aliphatic heterocycles. The van der Waals surface area contributed by atoms with E-state index in [1.54, 1.807) is 60.7 Å². The van der Waals surface area contributed by atoms with Crippen LogP contribution in [0.4, 0.5) is 13.2 Å². The molecule has 27 heavy (non-hydrogen) atoms. The van der Waals surface area contributed by atoms with Gasteiger partial charge in [-0.05, 0) is 12.0 Å². The van der Waals surface area contributed by atoms with Crippen LogP contribution < -0.4 is 4.72 Å². The van der Waals surface area contributed by atoms with Crippen LogP contribution in [0, 0.1) is 0 Å². The number of alkyl halides is 3. The number of halogens is 3. The minimum absolute atomic E-state index is 0.102. The fraction of sp³-hybridized carbons (Fsp3) is 0.368. The van der Waals surface area contributed by atoms with Gasteiger partial charge in [0, 0.05) is 5.54 Å². The monoisotopic (exact) mass is 397 g/mol. The van der Waals surface area contributed by atoms with Crippen molar-refractivity contribution in [2.24, 2.45) is 0 Å². The van der Waals surface area contributed by atoms with Crippen LogP contribution in [0.15, 0.2) is 60.7 Å². The lowest BCUT2D eigenvalue weighted by molar-refractivity contribution is -0.0467. The zero-order chi connectivity index (χ0) is 19.8. The van der Waals surface area contributed by atoms with Gasteiger partial charge in [-0.3, -0.25) is 0 Å².